The lowest BCUT2D eigenvalue weighted by molar-refractivity contribution is -0.118. The molecule has 4 aliphatic rings. The van der Waals surface area contributed by atoms with Crippen LogP contribution in [0.4, 0.5) is 22.7 Å². The first kappa shape index (κ1) is 52.8. The molecular weight excluding hydrogens is 997 g/mol. The lowest BCUT2D eigenvalue weighted by atomic mass is 9.99. The number of methoxy groups -OCH3 is 1. The molecule has 390 valence electrons. The fourth-order valence-corrected chi connectivity index (χ4v) is 14.4. The third kappa shape index (κ3) is 11.3. The summed E-state index contributed by atoms with van der Waals surface area (Å²) in [6, 6.07) is 29.5. The Hall–Kier alpha value is -6.01. The minimum Gasteiger partial charge on any atom is -0.493 e. The van der Waals surface area contributed by atoms with E-state index in [2.05, 4.69) is 22.3 Å². The Balaban J connectivity index is 0.928. The summed E-state index contributed by atoms with van der Waals surface area (Å²) in [4.78, 5) is 60.5. The molecule has 2 N–H and O–H groups in total. The maximum atomic E-state index is 14.2. The molecule has 4 atom stereocenters. The normalized spacial score (nSPS) is 17.7. The van der Waals surface area contributed by atoms with Gasteiger partial charge in [0.2, 0.25) is 5.91 Å². The number of benzene rings is 5. The number of ether oxygens (including phenoxy) is 3. The molecule has 0 radical (unpaired) electrons. The van der Waals surface area contributed by atoms with E-state index in [-0.39, 0.29) is 67.5 Å². The number of amides is 3. The zero-order valence-corrected chi connectivity index (χ0v) is 45.4. The standard InChI is InChI=1S/C57H64N4O10S3/c1-8-49(62)53(74(66,67)68)22-35(3)72-73-57(4,5)20-19-54(63)58-41-24-36(32-70-50-30-48-45(21-34(50)2)56(65)61-43(31-59(48)6)27-40-14-10-12-16-47(40)61)23-37(25-41)33-71-52-28-38-17-18-42-26-39-13-9-11-15-46(39)60(42)55(64)44(38)29-51(52)69-7/h9-16,21,23-25,28-30,35,42-43,53H,8,17-20,22,26-27,31-33H2,1-7H3,(H,58,63)(H,66,67,68)/t35?,42-,43+,53?/m1/s1. The van der Waals surface area contributed by atoms with E-state index in [0.29, 0.717) is 53.4 Å². The number of para-hydroxylation sites is 2. The number of anilines is 4. The molecule has 0 fully saturated rings. The molecule has 0 bridgehead atoms. The zero-order chi connectivity index (χ0) is 52.6. The van der Waals surface area contributed by atoms with Gasteiger partial charge in [0.15, 0.2) is 17.3 Å². The van der Waals surface area contributed by atoms with Gasteiger partial charge in [0.05, 0.1) is 24.4 Å². The predicted molar refractivity (Wildman–Crippen MR) is 294 cm³/mol. The number of ketones is 1. The SMILES string of the molecule is CCC(=O)C(CC(C)SSC(C)(C)CCC(=O)Nc1cc(COc2cc3c(cc2C)C(=O)N2c4ccccc4C[C@H]2CN3C)cc(COc2cc3c(cc2OC)C(=O)N2c4ccccc4C[C@H]2CC3)c1)S(=O)(=O)O. The predicted octanol–water partition coefficient (Wildman–Crippen LogP) is 10.6. The van der Waals surface area contributed by atoms with Gasteiger partial charge in [0.1, 0.15) is 24.2 Å². The number of fused-ring (bicyclic) bond motifs is 8. The van der Waals surface area contributed by atoms with Crippen LogP contribution in [0.2, 0.25) is 0 Å². The number of aryl methyl sites for hydroxylation is 2. The van der Waals surface area contributed by atoms with E-state index in [1.54, 1.807) is 20.1 Å². The molecule has 0 aromatic heterocycles. The average molecular weight is 1060 g/mol. The Morgan fingerprint density at radius 3 is 2.08 bits per heavy atom. The van der Waals surface area contributed by atoms with Crippen molar-refractivity contribution in [2.75, 3.05) is 40.7 Å². The highest BCUT2D eigenvalue weighted by molar-refractivity contribution is 8.77. The molecule has 14 nitrogen and oxygen atoms in total. The van der Waals surface area contributed by atoms with E-state index < -0.39 is 25.9 Å². The molecular formula is C57H64N4O10S3. The quantitative estimate of drug-likeness (QED) is 0.0592. The highest BCUT2D eigenvalue weighted by Crippen LogP contribution is 2.44. The van der Waals surface area contributed by atoms with Crippen LogP contribution >= 0.6 is 21.6 Å². The maximum Gasteiger partial charge on any atom is 0.275 e. The highest BCUT2D eigenvalue weighted by atomic mass is 33.1. The number of nitrogens with zero attached hydrogens (tertiary/aromatic N) is 3. The van der Waals surface area contributed by atoms with Gasteiger partial charge >= 0.3 is 0 Å². The lowest BCUT2D eigenvalue weighted by Crippen LogP contribution is -2.41. The van der Waals surface area contributed by atoms with Gasteiger partial charge in [-0.3, -0.25) is 23.7 Å². The summed E-state index contributed by atoms with van der Waals surface area (Å²) >= 11 is 0. The summed E-state index contributed by atoms with van der Waals surface area (Å²) in [7, 11) is 1.97. The molecule has 4 aliphatic heterocycles. The summed E-state index contributed by atoms with van der Waals surface area (Å²) in [6.45, 7) is 10.2. The van der Waals surface area contributed by atoms with E-state index in [9.17, 15) is 32.1 Å². The van der Waals surface area contributed by atoms with Crippen LogP contribution in [0.15, 0.2) is 91.0 Å². The number of hydrogen-bond acceptors (Lipinski definition) is 12. The maximum absolute atomic E-state index is 14.2. The third-order valence-corrected chi connectivity index (χ3v) is 19.6. The minimum absolute atomic E-state index is 0.00745. The number of carbonyl (C=O) groups excluding carboxylic acids is 4. The zero-order valence-electron chi connectivity index (χ0n) is 42.9. The summed E-state index contributed by atoms with van der Waals surface area (Å²) < 4.78 is 52.2. The number of likely N-dealkylation sites (N-methyl/N-ethyl adjacent to an activating group) is 1. The molecule has 17 heteroatoms. The van der Waals surface area contributed by atoms with Crippen molar-refractivity contribution in [2.24, 2.45) is 0 Å². The molecule has 0 saturated carbocycles. The second kappa shape index (κ2) is 21.7. The van der Waals surface area contributed by atoms with Crippen molar-refractivity contribution in [1.29, 1.82) is 0 Å². The van der Waals surface area contributed by atoms with Crippen molar-refractivity contribution in [3.8, 4) is 17.2 Å². The van der Waals surface area contributed by atoms with Crippen LogP contribution in [-0.2, 0) is 52.2 Å². The number of Topliss-reactive ketones (excluding diaryl/α,β-unsaturated/α-hetero) is 1. The topological polar surface area (TPSA) is 172 Å². The van der Waals surface area contributed by atoms with E-state index in [1.807, 2.05) is 117 Å². The Kier molecular flexibility index (Phi) is 15.5. The Bertz CT molecular complexity index is 3130. The monoisotopic (exact) mass is 1060 g/mol. The van der Waals surface area contributed by atoms with Crippen LogP contribution in [0.5, 0.6) is 17.2 Å². The lowest BCUT2D eigenvalue weighted by Gasteiger charge is -2.25. The van der Waals surface area contributed by atoms with E-state index >= 15 is 0 Å². The van der Waals surface area contributed by atoms with Crippen LogP contribution in [0.1, 0.15) is 114 Å². The smallest absolute Gasteiger partial charge is 0.275 e. The van der Waals surface area contributed by atoms with Crippen LogP contribution in [0, 0.1) is 6.92 Å². The van der Waals surface area contributed by atoms with Crippen molar-refractivity contribution in [2.45, 2.75) is 127 Å². The van der Waals surface area contributed by atoms with Crippen LogP contribution in [0.3, 0.4) is 0 Å². The van der Waals surface area contributed by atoms with Crippen LogP contribution in [-0.4, -0.2) is 84.5 Å². The highest BCUT2D eigenvalue weighted by Gasteiger charge is 2.40. The fraction of sp³-hybridized carbons (Fsp3) is 0.404. The number of nitrogens with one attached hydrogen (secondary N) is 1. The largest absolute Gasteiger partial charge is 0.493 e. The van der Waals surface area contributed by atoms with E-state index in [1.165, 1.54) is 32.7 Å². The molecule has 0 spiro atoms. The molecule has 9 rings (SSSR count). The van der Waals surface area contributed by atoms with Gasteiger partial charge < -0.3 is 34.2 Å². The van der Waals surface area contributed by atoms with Gasteiger partial charge in [-0.1, -0.05) is 71.8 Å². The molecule has 3 amide bonds. The molecule has 0 aliphatic carbocycles. The summed E-state index contributed by atoms with van der Waals surface area (Å²) in [6.07, 6.45) is 3.76. The number of hydrogen-bond donors (Lipinski definition) is 2. The van der Waals surface area contributed by atoms with Crippen LogP contribution in [0.25, 0.3) is 0 Å². The van der Waals surface area contributed by atoms with Crippen molar-refractivity contribution < 1.29 is 46.4 Å². The molecule has 4 heterocycles. The Labute approximate surface area is 442 Å². The minimum atomic E-state index is -4.53. The Morgan fingerprint density at radius 1 is 0.811 bits per heavy atom. The van der Waals surface area contributed by atoms with Gasteiger partial charge in [0.25, 0.3) is 21.9 Å². The summed E-state index contributed by atoms with van der Waals surface area (Å²) in [5.41, 5.74) is 10.0. The molecule has 5 aromatic carbocycles. The second-order valence-corrected chi connectivity index (χ2v) is 25.5. The fourth-order valence-electron chi connectivity index (χ4n) is 10.6. The Morgan fingerprint density at radius 2 is 1.43 bits per heavy atom. The van der Waals surface area contributed by atoms with Crippen LogP contribution < -0.4 is 34.2 Å². The summed E-state index contributed by atoms with van der Waals surface area (Å²) in [5, 5.41) is 1.37. The van der Waals surface area contributed by atoms with Crippen molar-refractivity contribution in [3.63, 3.8) is 0 Å². The average Bonchev–Trinajstić information content (AvgIpc) is 3.87. The first-order valence-electron chi connectivity index (χ1n) is 25.2. The van der Waals surface area contributed by atoms with Gasteiger partial charge in [0, 0.05) is 71.2 Å². The third-order valence-electron chi connectivity index (χ3n) is 14.5. The van der Waals surface area contributed by atoms with Gasteiger partial charge in [-0.25, -0.2) is 0 Å². The van der Waals surface area contributed by atoms with E-state index in [4.69, 9.17) is 14.2 Å². The second-order valence-electron chi connectivity index (χ2n) is 20.5. The molecule has 5 aromatic rings. The van der Waals surface area contributed by atoms with Gasteiger partial charge in [-0.05, 0) is 141 Å². The van der Waals surface area contributed by atoms with Gasteiger partial charge in [-0.2, -0.15) is 8.42 Å². The first-order valence-corrected chi connectivity index (χ1v) is 28.9. The molecule has 2 unspecified atom stereocenters. The van der Waals surface area contributed by atoms with Gasteiger partial charge in [-0.15, -0.1) is 0 Å². The van der Waals surface area contributed by atoms with Crippen molar-refractivity contribution in [3.05, 3.63) is 136 Å². The van der Waals surface area contributed by atoms with Crippen molar-refractivity contribution >= 4 is 78.0 Å². The van der Waals surface area contributed by atoms with E-state index in [0.717, 1.165) is 58.6 Å². The molecule has 0 saturated heterocycles. The number of carbonyl (C=O) groups is 4. The summed E-state index contributed by atoms with van der Waals surface area (Å²) in [5.74, 6) is 0.742. The molecule has 74 heavy (non-hydrogen) atoms. The first-order chi connectivity index (χ1) is 35.3. The number of rotatable bonds is 19. The van der Waals surface area contributed by atoms with Crippen molar-refractivity contribution in [1.82, 2.24) is 0 Å².